The second-order valence-electron chi connectivity index (χ2n) is 8.68. The Morgan fingerprint density at radius 3 is 2.65 bits per heavy atom. The van der Waals surface area contributed by atoms with E-state index in [9.17, 15) is 9.59 Å². The summed E-state index contributed by atoms with van der Waals surface area (Å²) >= 11 is 0. The summed E-state index contributed by atoms with van der Waals surface area (Å²) in [7, 11) is 3.09. The highest BCUT2D eigenvalue weighted by molar-refractivity contribution is 5.86. The number of carbonyl (C=O) groups is 1. The lowest BCUT2D eigenvalue weighted by Gasteiger charge is -2.44. The van der Waals surface area contributed by atoms with Gasteiger partial charge < -0.3 is 24.1 Å². The molecule has 4 rings (SSSR count). The predicted octanol–water partition coefficient (Wildman–Crippen LogP) is 3.04. The molecule has 0 bridgehead atoms. The molecule has 1 aromatic heterocycles. The lowest BCUT2D eigenvalue weighted by molar-refractivity contribution is -0.120. The van der Waals surface area contributed by atoms with Crippen molar-refractivity contribution >= 4 is 16.9 Å². The third kappa shape index (κ3) is 4.42. The molecule has 2 aromatic rings. The quantitative estimate of drug-likeness (QED) is 0.713. The minimum atomic E-state index is -0.483. The van der Waals surface area contributed by atoms with E-state index in [4.69, 9.17) is 13.9 Å². The number of fused-ring (bicyclic) bond motifs is 2. The number of piperidine rings is 2. The maximum absolute atomic E-state index is 12.7. The minimum Gasteiger partial charge on any atom is -0.493 e. The monoisotopic (exact) mass is 428 g/mol. The lowest BCUT2D eigenvalue weighted by Crippen LogP contribution is -2.51. The Kier molecular flexibility index (Phi) is 6.51. The number of nitrogens with one attached hydrogen (secondary N) is 1. The van der Waals surface area contributed by atoms with Crippen LogP contribution in [0.15, 0.2) is 21.3 Å². The Morgan fingerprint density at radius 2 is 1.87 bits per heavy atom. The Balaban J connectivity index is 1.48. The second-order valence-corrected chi connectivity index (χ2v) is 8.68. The molecule has 0 spiro atoms. The molecule has 31 heavy (non-hydrogen) atoms. The molecule has 0 radical (unpaired) electrons. The number of hydrogen-bond acceptors (Lipinski definition) is 6. The molecule has 2 aliphatic rings. The molecule has 7 nitrogen and oxygen atoms in total. The average Bonchev–Trinajstić information content (AvgIpc) is 2.79. The molecule has 7 heteroatoms. The Hall–Kier alpha value is -2.54. The van der Waals surface area contributed by atoms with Crippen molar-refractivity contribution in [1.82, 2.24) is 10.2 Å². The van der Waals surface area contributed by atoms with Gasteiger partial charge in [0.25, 0.3) is 0 Å². The molecular formula is C24H32N2O5. The largest absolute Gasteiger partial charge is 0.493 e. The first kappa shape index (κ1) is 21.7. The SMILES string of the molecule is COc1cc2oc(=O)c(CC(=O)NCC3CCCN4CCCCC34)c(C)c2cc1OC. The molecule has 1 aromatic carbocycles. The van der Waals surface area contributed by atoms with Crippen molar-refractivity contribution < 1.29 is 18.7 Å². The van der Waals surface area contributed by atoms with Crippen LogP contribution in [0.2, 0.25) is 0 Å². The van der Waals surface area contributed by atoms with Crippen molar-refractivity contribution in [3.8, 4) is 11.5 Å². The average molecular weight is 429 g/mol. The molecule has 3 heterocycles. The highest BCUT2D eigenvalue weighted by Gasteiger charge is 2.33. The number of methoxy groups -OCH3 is 2. The van der Waals surface area contributed by atoms with E-state index in [2.05, 4.69) is 10.2 Å². The number of nitrogens with zero attached hydrogens (tertiary/aromatic N) is 1. The van der Waals surface area contributed by atoms with Crippen molar-refractivity contribution in [2.45, 2.75) is 51.5 Å². The first-order valence-electron chi connectivity index (χ1n) is 11.2. The molecule has 2 saturated heterocycles. The summed E-state index contributed by atoms with van der Waals surface area (Å²) in [6.45, 7) is 4.87. The molecule has 2 aliphatic heterocycles. The van der Waals surface area contributed by atoms with Crippen LogP contribution in [-0.4, -0.2) is 50.7 Å². The fourth-order valence-electron chi connectivity index (χ4n) is 5.20. The zero-order valence-electron chi connectivity index (χ0n) is 18.7. The van der Waals surface area contributed by atoms with Gasteiger partial charge in [-0.2, -0.15) is 0 Å². The molecule has 168 valence electrons. The van der Waals surface area contributed by atoms with Gasteiger partial charge in [-0.25, -0.2) is 4.79 Å². The van der Waals surface area contributed by atoms with Gasteiger partial charge in [0.05, 0.1) is 26.2 Å². The molecule has 0 saturated carbocycles. The van der Waals surface area contributed by atoms with Crippen LogP contribution in [0.4, 0.5) is 0 Å². The first-order chi connectivity index (χ1) is 15.0. The van der Waals surface area contributed by atoms with E-state index < -0.39 is 5.63 Å². The smallest absolute Gasteiger partial charge is 0.340 e. The van der Waals surface area contributed by atoms with Crippen LogP contribution in [0, 0.1) is 12.8 Å². The van der Waals surface area contributed by atoms with Gasteiger partial charge in [0.2, 0.25) is 5.91 Å². The molecule has 1 amide bonds. The van der Waals surface area contributed by atoms with Crippen LogP contribution in [0.3, 0.4) is 0 Å². The van der Waals surface area contributed by atoms with Gasteiger partial charge in [-0.3, -0.25) is 4.79 Å². The van der Waals surface area contributed by atoms with Crippen LogP contribution >= 0.6 is 0 Å². The van der Waals surface area contributed by atoms with Gasteiger partial charge in [0.15, 0.2) is 11.5 Å². The fourth-order valence-corrected chi connectivity index (χ4v) is 5.20. The van der Waals surface area contributed by atoms with Gasteiger partial charge in [-0.1, -0.05) is 6.42 Å². The molecular weight excluding hydrogens is 396 g/mol. The molecule has 2 fully saturated rings. The van der Waals surface area contributed by atoms with E-state index in [0.29, 0.717) is 41.1 Å². The maximum Gasteiger partial charge on any atom is 0.340 e. The minimum absolute atomic E-state index is 0.0134. The van der Waals surface area contributed by atoms with Crippen LogP contribution in [0.25, 0.3) is 11.0 Å². The summed E-state index contributed by atoms with van der Waals surface area (Å²) in [5.74, 6) is 1.40. The van der Waals surface area contributed by atoms with E-state index in [1.54, 1.807) is 19.2 Å². The highest BCUT2D eigenvalue weighted by Crippen LogP contribution is 2.34. The number of ether oxygens (including phenoxy) is 2. The Bertz CT molecular complexity index is 1010. The standard InChI is InChI=1S/C24H32N2O5/c1-15-17-11-21(29-2)22(30-3)13-20(17)31-24(28)18(15)12-23(27)25-14-16-7-6-10-26-9-5-4-8-19(16)26/h11,13,16,19H,4-10,12,14H2,1-3H3,(H,25,27). The van der Waals surface area contributed by atoms with Gasteiger partial charge in [-0.05, 0) is 63.2 Å². The third-order valence-corrected chi connectivity index (χ3v) is 6.92. The van der Waals surface area contributed by atoms with Crippen molar-refractivity contribution in [3.63, 3.8) is 0 Å². The molecule has 1 N–H and O–H groups in total. The summed E-state index contributed by atoms with van der Waals surface area (Å²) in [6, 6.07) is 4.01. The van der Waals surface area contributed by atoms with Gasteiger partial charge >= 0.3 is 5.63 Å². The fraction of sp³-hybridized carbons (Fsp3) is 0.583. The van der Waals surface area contributed by atoms with Crippen LogP contribution < -0.4 is 20.4 Å². The molecule has 2 unspecified atom stereocenters. The summed E-state index contributed by atoms with van der Waals surface area (Å²) < 4.78 is 16.2. The van der Waals surface area contributed by atoms with Gasteiger partial charge in [0, 0.05) is 24.0 Å². The van der Waals surface area contributed by atoms with Gasteiger partial charge in [-0.15, -0.1) is 0 Å². The van der Waals surface area contributed by atoms with E-state index in [0.717, 1.165) is 17.4 Å². The number of rotatable bonds is 6. The number of carbonyl (C=O) groups excluding carboxylic acids is 1. The first-order valence-corrected chi connectivity index (χ1v) is 11.2. The number of aryl methyl sites for hydroxylation is 1. The van der Waals surface area contributed by atoms with Crippen molar-refractivity contribution in [2.75, 3.05) is 33.9 Å². The van der Waals surface area contributed by atoms with E-state index >= 15 is 0 Å². The van der Waals surface area contributed by atoms with Crippen LogP contribution in [0.1, 0.15) is 43.2 Å². The van der Waals surface area contributed by atoms with Crippen LogP contribution in [-0.2, 0) is 11.2 Å². The maximum atomic E-state index is 12.7. The second kappa shape index (κ2) is 9.30. The van der Waals surface area contributed by atoms with Gasteiger partial charge in [0.1, 0.15) is 5.58 Å². The normalized spacial score (nSPS) is 21.5. The Morgan fingerprint density at radius 1 is 1.13 bits per heavy atom. The number of benzene rings is 1. The summed E-state index contributed by atoms with van der Waals surface area (Å²) in [5.41, 5.74) is 1.06. The van der Waals surface area contributed by atoms with Crippen molar-refractivity contribution in [3.05, 3.63) is 33.7 Å². The Labute approximate surface area is 182 Å². The lowest BCUT2D eigenvalue weighted by atomic mass is 9.83. The van der Waals surface area contributed by atoms with Crippen molar-refractivity contribution in [1.29, 1.82) is 0 Å². The zero-order valence-corrected chi connectivity index (χ0v) is 18.7. The topological polar surface area (TPSA) is 81.0 Å². The number of hydrogen-bond donors (Lipinski definition) is 1. The molecule has 0 aliphatic carbocycles. The van der Waals surface area contributed by atoms with E-state index in [1.807, 2.05) is 6.92 Å². The number of amides is 1. The predicted molar refractivity (Wildman–Crippen MR) is 119 cm³/mol. The summed E-state index contributed by atoms with van der Waals surface area (Å²) in [6.07, 6.45) is 6.13. The zero-order chi connectivity index (χ0) is 22.0. The highest BCUT2D eigenvalue weighted by atomic mass is 16.5. The van der Waals surface area contributed by atoms with Crippen LogP contribution in [0.5, 0.6) is 11.5 Å². The van der Waals surface area contributed by atoms with E-state index in [1.165, 1.54) is 45.9 Å². The van der Waals surface area contributed by atoms with E-state index in [-0.39, 0.29) is 12.3 Å². The summed E-state index contributed by atoms with van der Waals surface area (Å²) in [5, 5.41) is 3.83. The third-order valence-electron chi connectivity index (χ3n) is 6.92. The summed E-state index contributed by atoms with van der Waals surface area (Å²) in [4.78, 5) is 27.9. The molecule has 2 atom stereocenters. The van der Waals surface area contributed by atoms with Crippen molar-refractivity contribution in [2.24, 2.45) is 5.92 Å².